The lowest BCUT2D eigenvalue weighted by molar-refractivity contribution is 1.06. The number of aromatic nitrogens is 5. The quantitative estimate of drug-likeness (QED) is 0.179. The van der Waals surface area contributed by atoms with Crippen LogP contribution in [0.4, 0.5) is 0 Å². The number of benzene rings is 6. The van der Waals surface area contributed by atoms with Gasteiger partial charge in [-0.15, -0.1) is 0 Å². The molecular weight excluding hydrogens is 623 g/mol. The molecule has 242 valence electrons. The molecule has 0 amide bonds. The predicted octanol–water partition coefficient (Wildman–Crippen LogP) is 11.3. The lowest BCUT2D eigenvalue weighted by Crippen LogP contribution is -2.04. The molecule has 0 fully saturated rings. The van der Waals surface area contributed by atoms with E-state index in [2.05, 4.69) is 108 Å². The Balaban J connectivity index is 1.36. The highest BCUT2D eigenvalue weighted by Crippen LogP contribution is 2.40. The predicted molar refractivity (Wildman–Crippen MR) is 209 cm³/mol. The lowest BCUT2D eigenvalue weighted by atomic mass is 9.97. The maximum absolute atomic E-state index is 5.20. The maximum Gasteiger partial charge on any atom is 0.166 e. The van der Waals surface area contributed by atoms with Gasteiger partial charge in [0, 0.05) is 45.4 Å². The zero-order chi connectivity index (χ0) is 34.3. The summed E-state index contributed by atoms with van der Waals surface area (Å²) in [4.78, 5) is 19.8. The fraction of sp³-hybridized carbons (Fsp3) is 0.0435. The van der Waals surface area contributed by atoms with Crippen molar-refractivity contribution in [1.82, 2.24) is 24.5 Å². The molecule has 0 spiro atoms. The Labute approximate surface area is 296 Å². The Morgan fingerprint density at radius 1 is 0.431 bits per heavy atom. The van der Waals surface area contributed by atoms with Gasteiger partial charge in [0.25, 0.3) is 0 Å². The number of nitrogens with zero attached hydrogens (tertiary/aromatic N) is 5. The molecule has 0 saturated heterocycles. The molecule has 3 aromatic heterocycles. The third-order valence-corrected chi connectivity index (χ3v) is 9.54. The second kappa shape index (κ2) is 12.6. The third kappa shape index (κ3) is 5.55. The Kier molecular flexibility index (Phi) is 7.51. The number of fused-ring (bicyclic) bond motifs is 3. The molecular formula is C46H33N5. The summed E-state index contributed by atoms with van der Waals surface area (Å²) in [6.07, 6.45) is 3.70. The second-order valence-corrected chi connectivity index (χ2v) is 12.9. The van der Waals surface area contributed by atoms with E-state index < -0.39 is 0 Å². The number of pyridine rings is 1. The SMILES string of the molecule is Cc1ccc(-c2ccc3c4ccccc4n(-c4ccc(-c5cccnc5)cc4-c4nc(-c5ccccc5)nc(-c5ccccc5)n4)c3c2)c(C)c1. The summed E-state index contributed by atoms with van der Waals surface area (Å²) in [6, 6.07) is 53.0. The van der Waals surface area contributed by atoms with Crippen molar-refractivity contribution >= 4 is 21.8 Å². The van der Waals surface area contributed by atoms with Crippen LogP contribution in [0.5, 0.6) is 0 Å². The smallest absolute Gasteiger partial charge is 0.166 e. The van der Waals surface area contributed by atoms with Gasteiger partial charge < -0.3 is 4.57 Å². The number of hydrogen-bond acceptors (Lipinski definition) is 4. The van der Waals surface area contributed by atoms with Gasteiger partial charge in [-0.3, -0.25) is 4.98 Å². The Morgan fingerprint density at radius 2 is 1.08 bits per heavy atom. The van der Waals surface area contributed by atoms with E-state index in [-0.39, 0.29) is 0 Å². The summed E-state index contributed by atoms with van der Waals surface area (Å²) in [6.45, 7) is 4.33. The molecule has 5 heteroatoms. The summed E-state index contributed by atoms with van der Waals surface area (Å²) >= 11 is 0. The highest BCUT2D eigenvalue weighted by atomic mass is 15.1. The van der Waals surface area contributed by atoms with Crippen LogP contribution in [0, 0.1) is 13.8 Å². The minimum Gasteiger partial charge on any atom is -0.308 e. The van der Waals surface area contributed by atoms with Crippen LogP contribution in [0.25, 0.3) is 83.9 Å². The zero-order valence-electron chi connectivity index (χ0n) is 28.3. The van der Waals surface area contributed by atoms with Crippen molar-refractivity contribution in [3.05, 3.63) is 175 Å². The summed E-state index contributed by atoms with van der Waals surface area (Å²) in [7, 11) is 0. The van der Waals surface area contributed by atoms with E-state index in [4.69, 9.17) is 15.0 Å². The second-order valence-electron chi connectivity index (χ2n) is 12.9. The fourth-order valence-electron chi connectivity index (χ4n) is 7.09. The molecule has 0 saturated carbocycles. The lowest BCUT2D eigenvalue weighted by Gasteiger charge is -2.17. The largest absolute Gasteiger partial charge is 0.308 e. The van der Waals surface area contributed by atoms with E-state index in [1.807, 2.05) is 72.9 Å². The Morgan fingerprint density at radius 3 is 1.78 bits per heavy atom. The van der Waals surface area contributed by atoms with E-state index in [9.17, 15) is 0 Å². The van der Waals surface area contributed by atoms with Crippen LogP contribution in [-0.4, -0.2) is 24.5 Å². The van der Waals surface area contributed by atoms with Crippen LogP contribution < -0.4 is 0 Å². The zero-order valence-corrected chi connectivity index (χ0v) is 28.3. The molecule has 9 rings (SSSR count). The molecule has 0 aliphatic heterocycles. The minimum atomic E-state index is 0.597. The van der Waals surface area contributed by atoms with Gasteiger partial charge in [-0.1, -0.05) is 127 Å². The molecule has 0 bridgehead atoms. The van der Waals surface area contributed by atoms with Gasteiger partial charge in [0.05, 0.1) is 16.7 Å². The normalized spacial score (nSPS) is 11.3. The molecule has 0 aliphatic carbocycles. The van der Waals surface area contributed by atoms with Gasteiger partial charge in [-0.05, 0) is 66.4 Å². The molecule has 0 aliphatic rings. The molecule has 0 unspecified atom stereocenters. The summed E-state index contributed by atoms with van der Waals surface area (Å²) in [5, 5.41) is 2.37. The molecule has 51 heavy (non-hydrogen) atoms. The van der Waals surface area contributed by atoms with E-state index in [0.29, 0.717) is 17.5 Å². The first-order chi connectivity index (χ1) is 25.1. The fourth-order valence-corrected chi connectivity index (χ4v) is 7.09. The van der Waals surface area contributed by atoms with Crippen molar-refractivity contribution in [2.45, 2.75) is 13.8 Å². The molecule has 3 heterocycles. The summed E-state index contributed by atoms with van der Waals surface area (Å²) in [5.41, 5.74) is 12.9. The van der Waals surface area contributed by atoms with Gasteiger partial charge in [-0.25, -0.2) is 15.0 Å². The molecule has 0 atom stereocenters. The molecule has 9 aromatic rings. The van der Waals surface area contributed by atoms with E-state index in [0.717, 1.165) is 44.5 Å². The standard InChI is InChI=1S/C46H33N5/c1-30-19-22-37(31(2)26-30)35-20-23-39-38-17-9-10-18-41(38)51(43(39)28-35)42-24-21-34(36-16-11-25-47-29-36)27-40(42)46-49-44(32-12-5-3-6-13-32)48-45(50-46)33-14-7-4-8-15-33/h3-29H,1-2H3. The minimum absolute atomic E-state index is 0.597. The monoisotopic (exact) mass is 655 g/mol. The topological polar surface area (TPSA) is 56.5 Å². The van der Waals surface area contributed by atoms with E-state index in [1.165, 1.54) is 33.0 Å². The van der Waals surface area contributed by atoms with Crippen molar-refractivity contribution in [2.75, 3.05) is 0 Å². The first kappa shape index (κ1) is 30.3. The number of para-hydroxylation sites is 1. The maximum atomic E-state index is 5.20. The van der Waals surface area contributed by atoms with Crippen molar-refractivity contribution < 1.29 is 0 Å². The molecule has 6 aromatic carbocycles. The van der Waals surface area contributed by atoms with Crippen LogP contribution in [0.2, 0.25) is 0 Å². The first-order valence-corrected chi connectivity index (χ1v) is 17.1. The highest BCUT2D eigenvalue weighted by molar-refractivity contribution is 6.10. The Hall–Kier alpha value is -6.72. The van der Waals surface area contributed by atoms with Crippen LogP contribution >= 0.6 is 0 Å². The van der Waals surface area contributed by atoms with E-state index >= 15 is 0 Å². The molecule has 5 nitrogen and oxygen atoms in total. The summed E-state index contributed by atoms with van der Waals surface area (Å²) < 4.78 is 2.37. The molecule has 0 radical (unpaired) electrons. The van der Waals surface area contributed by atoms with Crippen LogP contribution in [0.15, 0.2) is 164 Å². The first-order valence-electron chi connectivity index (χ1n) is 17.1. The van der Waals surface area contributed by atoms with Gasteiger partial charge in [0.1, 0.15) is 0 Å². The van der Waals surface area contributed by atoms with Gasteiger partial charge in [0.2, 0.25) is 0 Å². The van der Waals surface area contributed by atoms with Gasteiger partial charge >= 0.3 is 0 Å². The van der Waals surface area contributed by atoms with Crippen LogP contribution in [0.3, 0.4) is 0 Å². The number of aryl methyl sites for hydroxylation is 2. The van der Waals surface area contributed by atoms with Crippen molar-refractivity contribution in [3.63, 3.8) is 0 Å². The number of rotatable bonds is 6. The van der Waals surface area contributed by atoms with Crippen molar-refractivity contribution in [2.24, 2.45) is 0 Å². The van der Waals surface area contributed by atoms with Gasteiger partial charge in [0.15, 0.2) is 17.5 Å². The van der Waals surface area contributed by atoms with Crippen LogP contribution in [-0.2, 0) is 0 Å². The highest BCUT2D eigenvalue weighted by Gasteiger charge is 2.21. The average molecular weight is 656 g/mol. The summed E-state index contributed by atoms with van der Waals surface area (Å²) in [5.74, 6) is 1.84. The molecule has 0 N–H and O–H groups in total. The van der Waals surface area contributed by atoms with Crippen molar-refractivity contribution in [1.29, 1.82) is 0 Å². The number of hydrogen-bond donors (Lipinski definition) is 0. The van der Waals surface area contributed by atoms with E-state index in [1.54, 1.807) is 6.20 Å². The van der Waals surface area contributed by atoms with Crippen molar-refractivity contribution in [3.8, 4) is 62.1 Å². The average Bonchev–Trinajstić information content (AvgIpc) is 3.52. The van der Waals surface area contributed by atoms with Crippen LogP contribution in [0.1, 0.15) is 11.1 Å². The Bertz CT molecular complexity index is 2640. The van der Waals surface area contributed by atoms with Gasteiger partial charge in [-0.2, -0.15) is 0 Å². The third-order valence-electron chi connectivity index (χ3n) is 9.54.